The van der Waals surface area contributed by atoms with Crippen LogP contribution in [-0.2, 0) is 9.53 Å². The second-order valence-corrected chi connectivity index (χ2v) is 5.73. The third-order valence-electron chi connectivity index (χ3n) is 3.17. The van der Waals surface area contributed by atoms with E-state index in [-0.39, 0.29) is 11.8 Å². The molecular formula is C25H41ClN2O3. The molecule has 0 aliphatic carbocycles. The van der Waals surface area contributed by atoms with Crippen molar-refractivity contribution in [1.29, 1.82) is 0 Å². The number of ether oxygens (including phenoxy) is 1. The molecule has 1 aromatic carbocycles. The molecular weight excluding hydrogens is 412 g/mol. The maximum atomic E-state index is 11.9. The van der Waals surface area contributed by atoms with E-state index in [0.29, 0.717) is 27.5 Å². The molecule has 0 saturated heterocycles. The van der Waals surface area contributed by atoms with Crippen molar-refractivity contribution >= 4 is 29.2 Å². The van der Waals surface area contributed by atoms with Crippen LogP contribution in [0.25, 0.3) is 11.3 Å². The Hall–Kier alpha value is -2.40. The first-order chi connectivity index (χ1) is 14.9. The lowest BCUT2D eigenvalue weighted by molar-refractivity contribution is -0.118. The number of amides is 1. The molecule has 2 aromatic rings. The van der Waals surface area contributed by atoms with Crippen LogP contribution in [0, 0.1) is 5.92 Å². The number of hydrogen-bond acceptors (Lipinski definition) is 4. The molecule has 176 valence electrons. The minimum absolute atomic E-state index is 0.137. The third-order valence-corrected chi connectivity index (χ3v) is 3.39. The van der Waals surface area contributed by atoms with Crippen LogP contribution < -0.4 is 5.32 Å². The minimum atomic E-state index is -0.485. The van der Waals surface area contributed by atoms with Crippen molar-refractivity contribution in [3.63, 3.8) is 0 Å². The molecule has 0 atom stereocenters. The van der Waals surface area contributed by atoms with Crippen molar-refractivity contribution in [2.24, 2.45) is 5.92 Å². The van der Waals surface area contributed by atoms with E-state index in [1.165, 1.54) is 13.3 Å². The Morgan fingerprint density at radius 3 is 1.90 bits per heavy atom. The van der Waals surface area contributed by atoms with E-state index in [1.807, 2.05) is 55.4 Å². The van der Waals surface area contributed by atoms with Gasteiger partial charge in [0.05, 0.1) is 23.4 Å². The van der Waals surface area contributed by atoms with E-state index in [4.69, 9.17) is 16.3 Å². The van der Waals surface area contributed by atoms with Gasteiger partial charge < -0.3 is 10.1 Å². The lowest BCUT2D eigenvalue weighted by Crippen LogP contribution is -2.18. The number of esters is 1. The Bertz CT molecular complexity index is 730. The SMILES string of the molecule is CC.CC.CC.CC.COC(=O)c1cc(NC(=O)C(C)C)cc(-c2ccc(Cl)cn2)c1. The maximum absolute atomic E-state index is 11.9. The molecule has 1 aromatic heterocycles. The van der Waals surface area contributed by atoms with E-state index in [0.717, 1.165) is 0 Å². The van der Waals surface area contributed by atoms with Crippen molar-refractivity contribution in [3.05, 3.63) is 47.1 Å². The number of benzene rings is 1. The first-order valence-electron chi connectivity index (χ1n) is 11.1. The van der Waals surface area contributed by atoms with Gasteiger partial charge in [0.1, 0.15) is 0 Å². The highest BCUT2D eigenvalue weighted by atomic mass is 35.5. The Labute approximate surface area is 194 Å². The summed E-state index contributed by atoms with van der Waals surface area (Å²) < 4.78 is 4.76. The summed E-state index contributed by atoms with van der Waals surface area (Å²) in [6, 6.07) is 8.44. The van der Waals surface area contributed by atoms with Crippen molar-refractivity contribution in [1.82, 2.24) is 4.98 Å². The number of anilines is 1. The maximum Gasteiger partial charge on any atom is 0.337 e. The molecule has 1 N–H and O–H groups in total. The predicted octanol–water partition coefficient (Wildman–Crippen LogP) is 7.89. The Balaban J connectivity index is -0.000000879. The number of carbonyl (C=O) groups excluding carboxylic acids is 2. The topological polar surface area (TPSA) is 68.3 Å². The van der Waals surface area contributed by atoms with Gasteiger partial charge in [0.15, 0.2) is 0 Å². The van der Waals surface area contributed by atoms with E-state index in [9.17, 15) is 9.59 Å². The fraction of sp³-hybridized carbons (Fsp3) is 0.480. The summed E-state index contributed by atoms with van der Waals surface area (Å²) in [6.45, 7) is 19.6. The van der Waals surface area contributed by atoms with Crippen LogP contribution in [0.4, 0.5) is 5.69 Å². The van der Waals surface area contributed by atoms with Crippen LogP contribution >= 0.6 is 11.6 Å². The van der Waals surface area contributed by atoms with Crippen molar-refractivity contribution in [2.75, 3.05) is 12.4 Å². The quantitative estimate of drug-likeness (QED) is 0.478. The van der Waals surface area contributed by atoms with Gasteiger partial charge in [0.2, 0.25) is 5.91 Å². The summed E-state index contributed by atoms with van der Waals surface area (Å²) in [7, 11) is 1.31. The Kier molecular flexibility index (Phi) is 22.4. The van der Waals surface area contributed by atoms with Gasteiger partial charge in [-0.25, -0.2) is 4.79 Å². The molecule has 31 heavy (non-hydrogen) atoms. The average Bonchev–Trinajstić information content (AvgIpc) is 2.83. The lowest BCUT2D eigenvalue weighted by Gasteiger charge is -2.11. The van der Waals surface area contributed by atoms with Gasteiger partial charge in [-0.3, -0.25) is 9.78 Å². The molecule has 0 saturated carbocycles. The highest BCUT2D eigenvalue weighted by Crippen LogP contribution is 2.25. The highest BCUT2D eigenvalue weighted by molar-refractivity contribution is 6.30. The molecule has 2 rings (SSSR count). The second kappa shape index (κ2) is 20.9. The highest BCUT2D eigenvalue weighted by Gasteiger charge is 2.13. The number of pyridine rings is 1. The molecule has 0 bridgehead atoms. The van der Waals surface area contributed by atoms with Crippen LogP contribution in [0.2, 0.25) is 5.02 Å². The average molecular weight is 453 g/mol. The van der Waals surface area contributed by atoms with Crippen LogP contribution in [0.3, 0.4) is 0 Å². The summed E-state index contributed by atoms with van der Waals surface area (Å²) in [5.74, 6) is -0.795. The largest absolute Gasteiger partial charge is 0.465 e. The van der Waals surface area contributed by atoms with Crippen molar-refractivity contribution in [3.8, 4) is 11.3 Å². The second-order valence-electron chi connectivity index (χ2n) is 5.30. The molecule has 0 aliphatic rings. The zero-order valence-corrected chi connectivity index (χ0v) is 21.8. The first-order valence-corrected chi connectivity index (χ1v) is 11.4. The van der Waals surface area contributed by atoms with E-state index >= 15 is 0 Å². The number of rotatable bonds is 4. The predicted molar refractivity (Wildman–Crippen MR) is 135 cm³/mol. The zero-order chi connectivity index (χ0) is 25.0. The number of aromatic nitrogens is 1. The molecule has 0 spiro atoms. The first kappa shape index (κ1) is 33.2. The zero-order valence-electron chi connectivity index (χ0n) is 21.1. The fourth-order valence-electron chi connectivity index (χ4n) is 1.92. The number of methoxy groups -OCH3 is 1. The van der Waals surface area contributed by atoms with Crippen LogP contribution in [0.1, 0.15) is 79.6 Å². The van der Waals surface area contributed by atoms with Gasteiger partial charge in [-0.1, -0.05) is 80.8 Å². The molecule has 1 heterocycles. The number of hydrogen-bond donors (Lipinski definition) is 1. The number of nitrogens with zero attached hydrogens (tertiary/aromatic N) is 1. The van der Waals surface area contributed by atoms with Gasteiger partial charge in [-0.15, -0.1) is 0 Å². The van der Waals surface area contributed by atoms with Crippen molar-refractivity contribution < 1.29 is 14.3 Å². The summed E-state index contributed by atoms with van der Waals surface area (Å²) in [5, 5.41) is 3.30. The number of carbonyl (C=O) groups is 2. The summed E-state index contributed by atoms with van der Waals surface area (Å²) >= 11 is 5.84. The normalized spacial score (nSPS) is 8.55. The Morgan fingerprint density at radius 1 is 0.935 bits per heavy atom. The van der Waals surface area contributed by atoms with E-state index in [1.54, 1.807) is 44.2 Å². The van der Waals surface area contributed by atoms with Crippen LogP contribution in [-0.4, -0.2) is 24.0 Å². The van der Waals surface area contributed by atoms with Crippen LogP contribution in [0.15, 0.2) is 36.5 Å². The molecule has 6 heteroatoms. The molecule has 0 aliphatic heterocycles. The fourth-order valence-corrected chi connectivity index (χ4v) is 2.03. The van der Waals surface area contributed by atoms with E-state index < -0.39 is 5.97 Å². The molecule has 0 radical (unpaired) electrons. The summed E-state index contributed by atoms with van der Waals surface area (Å²) in [4.78, 5) is 28.0. The Morgan fingerprint density at radius 2 is 1.48 bits per heavy atom. The molecule has 0 fully saturated rings. The molecule has 0 unspecified atom stereocenters. The lowest BCUT2D eigenvalue weighted by atomic mass is 10.1. The monoisotopic (exact) mass is 452 g/mol. The van der Waals surface area contributed by atoms with Crippen LogP contribution in [0.5, 0.6) is 0 Å². The standard InChI is InChI=1S/C17H17ClN2O3.4C2H6/c1-10(2)16(21)20-14-7-11(6-12(8-14)17(22)23-3)15-5-4-13(18)9-19-15;4*1-2/h4-10H,1-3H3,(H,20,21);4*1-2H3. The summed E-state index contributed by atoms with van der Waals surface area (Å²) in [6.07, 6.45) is 1.52. The smallest absolute Gasteiger partial charge is 0.337 e. The number of nitrogens with one attached hydrogen (secondary N) is 1. The van der Waals surface area contributed by atoms with Gasteiger partial charge in [0, 0.05) is 23.4 Å². The van der Waals surface area contributed by atoms with Gasteiger partial charge >= 0.3 is 5.97 Å². The van der Waals surface area contributed by atoms with Gasteiger partial charge in [-0.2, -0.15) is 0 Å². The molecule has 5 nitrogen and oxygen atoms in total. The minimum Gasteiger partial charge on any atom is -0.465 e. The van der Waals surface area contributed by atoms with Gasteiger partial charge in [0.25, 0.3) is 0 Å². The van der Waals surface area contributed by atoms with Gasteiger partial charge in [-0.05, 0) is 30.3 Å². The van der Waals surface area contributed by atoms with E-state index in [2.05, 4.69) is 10.3 Å². The van der Waals surface area contributed by atoms with Crippen molar-refractivity contribution in [2.45, 2.75) is 69.2 Å². The summed E-state index contributed by atoms with van der Waals surface area (Å²) in [5.41, 5.74) is 2.17. The number of halogens is 1. The molecule has 1 amide bonds. The third kappa shape index (κ3) is 12.8.